The number of hydrogen-bond donors (Lipinski definition) is 2. The summed E-state index contributed by atoms with van der Waals surface area (Å²) < 4.78 is 37.9. The van der Waals surface area contributed by atoms with Crippen LogP contribution in [0, 0.1) is 13.8 Å². The highest BCUT2D eigenvalue weighted by atomic mass is 32.2. The van der Waals surface area contributed by atoms with Gasteiger partial charge in [0.2, 0.25) is 0 Å². The molecule has 0 unspecified atom stereocenters. The molecule has 0 aliphatic carbocycles. The van der Waals surface area contributed by atoms with Crippen molar-refractivity contribution in [2.24, 2.45) is 4.99 Å². The number of rotatable bonds is 4. The fraction of sp³-hybridized carbons (Fsp3) is 0.278. The smallest absolute Gasteiger partial charge is 0.394 e. The van der Waals surface area contributed by atoms with E-state index < -0.39 is 11.7 Å². The summed E-state index contributed by atoms with van der Waals surface area (Å²) in [6, 6.07) is 10.8. The van der Waals surface area contributed by atoms with Crippen molar-refractivity contribution >= 4 is 22.6 Å². The minimum atomic E-state index is -4.36. The molecule has 134 valence electrons. The van der Waals surface area contributed by atoms with Crippen LogP contribution >= 0.6 is 11.8 Å². The van der Waals surface area contributed by atoms with E-state index in [-0.39, 0.29) is 13.2 Å². The van der Waals surface area contributed by atoms with Crippen molar-refractivity contribution in [1.82, 2.24) is 0 Å². The van der Waals surface area contributed by atoms with E-state index in [4.69, 9.17) is 5.11 Å². The number of aliphatic hydroxyl groups excluding tert-OH is 1. The van der Waals surface area contributed by atoms with Crippen LogP contribution in [0.2, 0.25) is 0 Å². The summed E-state index contributed by atoms with van der Waals surface area (Å²) in [5.74, 6) is 0. The van der Waals surface area contributed by atoms with Crippen LogP contribution in [0.4, 0.5) is 18.9 Å². The van der Waals surface area contributed by atoms with Crippen LogP contribution in [0.1, 0.15) is 16.7 Å². The van der Waals surface area contributed by atoms with Gasteiger partial charge in [-0.05, 0) is 49.7 Å². The van der Waals surface area contributed by atoms with Gasteiger partial charge < -0.3 is 10.4 Å². The molecule has 0 radical (unpaired) electrons. The van der Waals surface area contributed by atoms with E-state index in [1.165, 1.54) is 23.9 Å². The van der Waals surface area contributed by atoms with Crippen LogP contribution in [-0.4, -0.2) is 23.4 Å². The number of benzene rings is 2. The van der Waals surface area contributed by atoms with Gasteiger partial charge in [0, 0.05) is 10.6 Å². The Balaban J connectivity index is 2.18. The first kappa shape index (κ1) is 19.3. The Bertz CT molecular complexity index is 743. The van der Waals surface area contributed by atoms with Gasteiger partial charge in [-0.15, -0.1) is 0 Å². The lowest BCUT2D eigenvalue weighted by Crippen LogP contribution is -2.11. The maximum atomic E-state index is 12.6. The van der Waals surface area contributed by atoms with E-state index in [0.29, 0.717) is 10.9 Å². The molecule has 25 heavy (non-hydrogen) atoms. The van der Waals surface area contributed by atoms with Crippen LogP contribution in [-0.2, 0) is 6.18 Å². The normalized spacial score (nSPS) is 12.3. The fourth-order valence-electron chi connectivity index (χ4n) is 2.13. The molecule has 2 N–H and O–H groups in total. The zero-order valence-corrected chi connectivity index (χ0v) is 14.7. The van der Waals surface area contributed by atoms with Gasteiger partial charge in [-0.2, -0.15) is 13.2 Å². The monoisotopic (exact) mass is 368 g/mol. The summed E-state index contributed by atoms with van der Waals surface area (Å²) in [7, 11) is 0. The van der Waals surface area contributed by atoms with Gasteiger partial charge in [-0.1, -0.05) is 29.5 Å². The van der Waals surface area contributed by atoms with E-state index in [9.17, 15) is 13.2 Å². The van der Waals surface area contributed by atoms with Crippen molar-refractivity contribution in [1.29, 1.82) is 0 Å². The first-order chi connectivity index (χ1) is 11.8. The van der Waals surface area contributed by atoms with E-state index in [0.717, 1.165) is 28.2 Å². The zero-order chi connectivity index (χ0) is 18.4. The molecule has 0 spiro atoms. The van der Waals surface area contributed by atoms with Crippen molar-refractivity contribution in [3.05, 3.63) is 59.2 Å². The molecule has 0 aliphatic rings. The second kappa shape index (κ2) is 8.40. The van der Waals surface area contributed by atoms with Crippen LogP contribution in [0.5, 0.6) is 0 Å². The standard InChI is InChI=1S/C18H19F3N2OS/c1-12-3-8-16(13(2)11-12)25-17(22-9-10-24)23-15-6-4-14(5-7-15)18(19,20)21/h3-8,11,24H,9-10H2,1-2H3,(H,22,23). The Labute approximate surface area is 149 Å². The summed E-state index contributed by atoms with van der Waals surface area (Å²) in [6.45, 7) is 4.09. The Kier molecular flexibility index (Phi) is 6.50. The number of thioether (sulfide) groups is 1. The van der Waals surface area contributed by atoms with Gasteiger partial charge in [0.15, 0.2) is 5.17 Å². The first-order valence-electron chi connectivity index (χ1n) is 7.64. The number of nitrogens with one attached hydrogen (secondary N) is 1. The average molecular weight is 368 g/mol. The second-order valence-corrected chi connectivity index (χ2v) is 6.51. The molecule has 0 atom stereocenters. The van der Waals surface area contributed by atoms with E-state index in [2.05, 4.69) is 10.3 Å². The van der Waals surface area contributed by atoms with Crippen LogP contribution in [0.15, 0.2) is 52.4 Å². The third-order valence-electron chi connectivity index (χ3n) is 3.36. The molecule has 0 saturated carbocycles. The molecule has 0 fully saturated rings. The summed E-state index contributed by atoms with van der Waals surface area (Å²) in [4.78, 5) is 5.25. The third-order valence-corrected chi connectivity index (χ3v) is 4.46. The Hall–Kier alpha value is -1.99. The number of aryl methyl sites for hydroxylation is 2. The van der Waals surface area contributed by atoms with Crippen molar-refractivity contribution < 1.29 is 18.3 Å². The van der Waals surface area contributed by atoms with E-state index in [1.807, 2.05) is 32.0 Å². The highest BCUT2D eigenvalue weighted by molar-refractivity contribution is 8.14. The van der Waals surface area contributed by atoms with Crippen LogP contribution < -0.4 is 5.32 Å². The number of halogens is 3. The topological polar surface area (TPSA) is 44.6 Å². The Morgan fingerprint density at radius 2 is 1.80 bits per heavy atom. The number of anilines is 1. The Morgan fingerprint density at radius 3 is 2.36 bits per heavy atom. The maximum Gasteiger partial charge on any atom is 0.416 e. The SMILES string of the molecule is Cc1ccc(SC(=NCCO)Nc2ccc(C(F)(F)F)cc2)c(C)c1. The molecule has 0 amide bonds. The van der Waals surface area contributed by atoms with Crippen molar-refractivity contribution in [3.63, 3.8) is 0 Å². The molecule has 2 aromatic rings. The molecule has 0 aliphatic heterocycles. The van der Waals surface area contributed by atoms with Gasteiger partial charge in [0.05, 0.1) is 18.7 Å². The molecule has 0 aromatic heterocycles. The fourth-order valence-corrected chi connectivity index (χ4v) is 3.02. The van der Waals surface area contributed by atoms with Crippen molar-refractivity contribution in [3.8, 4) is 0 Å². The highest BCUT2D eigenvalue weighted by Gasteiger charge is 2.29. The van der Waals surface area contributed by atoms with Gasteiger partial charge in [-0.25, -0.2) is 0 Å². The lowest BCUT2D eigenvalue weighted by Gasteiger charge is -2.13. The van der Waals surface area contributed by atoms with Crippen LogP contribution in [0.3, 0.4) is 0 Å². The highest BCUT2D eigenvalue weighted by Crippen LogP contribution is 2.30. The summed E-state index contributed by atoms with van der Waals surface area (Å²) >= 11 is 1.37. The predicted molar refractivity (Wildman–Crippen MR) is 96.2 cm³/mol. The minimum absolute atomic E-state index is 0.106. The lowest BCUT2D eigenvalue weighted by atomic mass is 10.2. The molecule has 0 bridgehead atoms. The van der Waals surface area contributed by atoms with Gasteiger partial charge >= 0.3 is 6.18 Å². The van der Waals surface area contributed by atoms with E-state index >= 15 is 0 Å². The molecule has 2 aromatic carbocycles. The molecule has 3 nitrogen and oxygen atoms in total. The van der Waals surface area contributed by atoms with Gasteiger partial charge in [0.1, 0.15) is 0 Å². The number of amidine groups is 1. The van der Waals surface area contributed by atoms with Gasteiger partial charge in [-0.3, -0.25) is 4.99 Å². The summed E-state index contributed by atoms with van der Waals surface area (Å²) in [5, 5.41) is 12.5. The third kappa shape index (κ3) is 5.79. The number of hydrogen-bond acceptors (Lipinski definition) is 3. The molecule has 0 heterocycles. The summed E-state index contributed by atoms with van der Waals surface area (Å²) in [6.07, 6.45) is -4.36. The predicted octanol–water partition coefficient (Wildman–Crippen LogP) is 4.87. The molecule has 2 rings (SSSR count). The quantitative estimate of drug-likeness (QED) is 0.459. The first-order valence-corrected chi connectivity index (χ1v) is 8.46. The average Bonchev–Trinajstić information content (AvgIpc) is 2.54. The van der Waals surface area contributed by atoms with Crippen molar-refractivity contribution in [2.45, 2.75) is 24.9 Å². The largest absolute Gasteiger partial charge is 0.416 e. The molecule has 0 saturated heterocycles. The maximum absolute atomic E-state index is 12.6. The number of aliphatic imine (C=N–C) groups is 1. The minimum Gasteiger partial charge on any atom is -0.394 e. The van der Waals surface area contributed by atoms with Crippen LogP contribution in [0.25, 0.3) is 0 Å². The number of alkyl halides is 3. The second-order valence-electron chi connectivity index (χ2n) is 5.48. The lowest BCUT2D eigenvalue weighted by molar-refractivity contribution is -0.137. The molecular weight excluding hydrogens is 349 g/mol. The molecule has 7 heteroatoms. The van der Waals surface area contributed by atoms with Crippen molar-refractivity contribution in [2.75, 3.05) is 18.5 Å². The number of nitrogens with zero attached hydrogens (tertiary/aromatic N) is 1. The van der Waals surface area contributed by atoms with E-state index in [1.54, 1.807) is 0 Å². The van der Waals surface area contributed by atoms with Gasteiger partial charge in [0.25, 0.3) is 0 Å². The molecular formula is C18H19F3N2OS. The Morgan fingerprint density at radius 1 is 1.12 bits per heavy atom. The summed E-state index contributed by atoms with van der Waals surface area (Å²) in [5.41, 5.74) is 2.03. The number of aliphatic hydroxyl groups is 1. The zero-order valence-electron chi connectivity index (χ0n) is 13.9.